The number of rotatable bonds is 8. The van der Waals surface area contributed by atoms with Gasteiger partial charge < -0.3 is 14.5 Å². The van der Waals surface area contributed by atoms with Crippen LogP contribution in [0.4, 0.5) is 10.1 Å². The molecule has 1 amide bonds. The number of benzene rings is 1. The first-order chi connectivity index (χ1) is 14.3. The van der Waals surface area contributed by atoms with Gasteiger partial charge in [-0.1, -0.05) is 11.6 Å². The van der Waals surface area contributed by atoms with E-state index in [9.17, 15) is 19.3 Å². The Balaban J connectivity index is 1.53. The second-order valence-corrected chi connectivity index (χ2v) is 6.79. The smallest absolute Gasteiger partial charge is 0.312 e. The Kier molecular flexibility index (Phi) is 6.36. The van der Waals surface area contributed by atoms with Crippen LogP contribution < -0.4 is 10.1 Å². The van der Waals surface area contributed by atoms with Crippen LogP contribution in [0.15, 0.2) is 34.7 Å². The summed E-state index contributed by atoms with van der Waals surface area (Å²) in [5.41, 5.74) is 0.711. The quantitative estimate of drug-likeness (QED) is 0.424. The minimum absolute atomic E-state index is 0.00799. The van der Waals surface area contributed by atoms with Crippen LogP contribution in [-0.2, 0) is 13.2 Å². The number of furan rings is 1. The highest BCUT2D eigenvalue weighted by atomic mass is 35.5. The van der Waals surface area contributed by atoms with Gasteiger partial charge in [0.1, 0.15) is 35.3 Å². The van der Waals surface area contributed by atoms with Crippen molar-refractivity contribution >= 4 is 23.2 Å². The first-order valence-corrected chi connectivity index (χ1v) is 9.27. The second kappa shape index (κ2) is 8.95. The van der Waals surface area contributed by atoms with Gasteiger partial charge in [-0.25, -0.2) is 4.39 Å². The van der Waals surface area contributed by atoms with Crippen molar-refractivity contribution in [2.45, 2.75) is 27.0 Å². The molecule has 11 heteroatoms. The maximum absolute atomic E-state index is 13.1. The highest BCUT2D eigenvalue weighted by molar-refractivity contribution is 6.32. The number of aromatic nitrogens is 2. The number of nitrogens with one attached hydrogen (secondary N) is 1. The zero-order valence-corrected chi connectivity index (χ0v) is 16.9. The van der Waals surface area contributed by atoms with E-state index in [1.54, 1.807) is 19.9 Å². The number of aryl methyl sites for hydroxylation is 1. The van der Waals surface area contributed by atoms with Gasteiger partial charge in [-0.05, 0) is 44.2 Å². The van der Waals surface area contributed by atoms with Crippen LogP contribution >= 0.6 is 11.6 Å². The molecular formula is C19H18ClFN4O5. The van der Waals surface area contributed by atoms with Crippen LogP contribution in [0.1, 0.15) is 27.7 Å². The van der Waals surface area contributed by atoms with Crippen LogP contribution in [0.2, 0.25) is 5.02 Å². The molecule has 0 unspecified atom stereocenters. The summed E-state index contributed by atoms with van der Waals surface area (Å²) in [6.07, 6.45) is 0. The van der Waals surface area contributed by atoms with E-state index in [1.807, 2.05) is 0 Å². The van der Waals surface area contributed by atoms with Crippen LogP contribution in [0.3, 0.4) is 0 Å². The molecule has 30 heavy (non-hydrogen) atoms. The maximum atomic E-state index is 13.1. The molecule has 0 radical (unpaired) electrons. The van der Waals surface area contributed by atoms with Gasteiger partial charge in [0.05, 0.1) is 16.5 Å². The predicted octanol–water partition coefficient (Wildman–Crippen LogP) is 3.80. The molecule has 2 heterocycles. The molecular weight excluding hydrogens is 419 g/mol. The van der Waals surface area contributed by atoms with Crippen molar-refractivity contribution < 1.29 is 23.3 Å². The summed E-state index contributed by atoms with van der Waals surface area (Å²) >= 11 is 5.89. The van der Waals surface area contributed by atoms with Gasteiger partial charge in [0.2, 0.25) is 0 Å². The number of amides is 1. The molecule has 1 aromatic carbocycles. The molecule has 0 bridgehead atoms. The summed E-state index contributed by atoms with van der Waals surface area (Å²) in [6.45, 7) is 3.65. The summed E-state index contributed by atoms with van der Waals surface area (Å²) in [7, 11) is 0. The third-order valence-electron chi connectivity index (χ3n) is 4.28. The molecule has 9 nitrogen and oxygen atoms in total. The lowest BCUT2D eigenvalue weighted by molar-refractivity contribution is -0.386. The van der Waals surface area contributed by atoms with E-state index in [4.69, 9.17) is 20.8 Å². The molecule has 1 N–H and O–H groups in total. The summed E-state index contributed by atoms with van der Waals surface area (Å²) in [6, 6.07) is 6.83. The molecule has 0 aliphatic carbocycles. The Morgan fingerprint density at radius 1 is 1.37 bits per heavy atom. The second-order valence-electron chi connectivity index (χ2n) is 6.38. The van der Waals surface area contributed by atoms with Crippen molar-refractivity contribution in [1.29, 1.82) is 0 Å². The fraction of sp³-hybridized carbons (Fsp3) is 0.263. The number of carbonyl (C=O) groups excluding carboxylic acids is 1. The number of halogens is 2. The van der Waals surface area contributed by atoms with Gasteiger partial charge in [0.25, 0.3) is 5.91 Å². The number of carbonyl (C=O) groups is 1. The van der Waals surface area contributed by atoms with Gasteiger partial charge in [-0.2, -0.15) is 5.10 Å². The summed E-state index contributed by atoms with van der Waals surface area (Å²) in [5, 5.41) is 18.0. The van der Waals surface area contributed by atoms with Crippen LogP contribution in [0.5, 0.6) is 5.75 Å². The fourth-order valence-corrected chi connectivity index (χ4v) is 3.07. The molecule has 0 atom stereocenters. The highest BCUT2D eigenvalue weighted by Crippen LogP contribution is 2.26. The molecule has 0 aliphatic rings. The van der Waals surface area contributed by atoms with Crippen molar-refractivity contribution in [1.82, 2.24) is 15.1 Å². The van der Waals surface area contributed by atoms with E-state index < -0.39 is 16.6 Å². The van der Waals surface area contributed by atoms with E-state index in [1.165, 1.54) is 22.9 Å². The number of hydrogen-bond donors (Lipinski definition) is 1. The van der Waals surface area contributed by atoms with Gasteiger partial charge in [-0.3, -0.25) is 19.6 Å². The molecule has 3 aromatic rings. The lowest BCUT2D eigenvalue weighted by Crippen LogP contribution is -2.27. The Labute approximate surface area is 175 Å². The van der Waals surface area contributed by atoms with Crippen molar-refractivity contribution in [3.05, 3.63) is 74.2 Å². The Morgan fingerprint density at radius 3 is 2.80 bits per heavy atom. The average Bonchev–Trinajstić information content (AvgIpc) is 3.25. The predicted molar refractivity (Wildman–Crippen MR) is 105 cm³/mol. The van der Waals surface area contributed by atoms with E-state index in [0.29, 0.717) is 22.9 Å². The molecule has 158 valence electrons. The SMILES string of the molecule is Cc1nn(CCNC(=O)c2ccc(COc3ccc(F)cc3Cl)o2)c(C)c1[N+](=O)[O-]. The monoisotopic (exact) mass is 436 g/mol. The minimum atomic E-state index is -0.474. The van der Waals surface area contributed by atoms with Crippen molar-refractivity contribution in [3.8, 4) is 5.75 Å². The van der Waals surface area contributed by atoms with Crippen LogP contribution in [-0.4, -0.2) is 27.2 Å². The first-order valence-electron chi connectivity index (χ1n) is 8.89. The van der Waals surface area contributed by atoms with Crippen molar-refractivity contribution in [2.24, 2.45) is 0 Å². The topological polar surface area (TPSA) is 112 Å². The lowest BCUT2D eigenvalue weighted by atomic mass is 10.3. The molecule has 3 rings (SSSR count). The van der Waals surface area contributed by atoms with Crippen molar-refractivity contribution in [2.75, 3.05) is 6.54 Å². The van der Waals surface area contributed by atoms with Gasteiger partial charge in [0.15, 0.2) is 5.76 Å². The third-order valence-corrected chi connectivity index (χ3v) is 4.58. The van der Waals surface area contributed by atoms with Crippen LogP contribution in [0.25, 0.3) is 0 Å². The van der Waals surface area contributed by atoms with Crippen LogP contribution in [0, 0.1) is 29.8 Å². The molecule has 2 aromatic heterocycles. The van der Waals surface area contributed by atoms with Gasteiger partial charge in [0, 0.05) is 6.54 Å². The standard InChI is InChI=1S/C19H18ClFN4O5/c1-11-18(25(27)28)12(2)24(23-11)8-7-22-19(26)17-6-4-14(30-17)10-29-16-5-3-13(21)9-15(16)20/h3-6,9H,7-8,10H2,1-2H3,(H,22,26). The molecule has 0 saturated heterocycles. The molecule has 0 spiro atoms. The maximum Gasteiger partial charge on any atom is 0.312 e. The Morgan fingerprint density at radius 2 is 2.13 bits per heavy atom. The van der Waals surface area contributed by atoms with Gasteiger partial charge >= 0.3 is 5.69 Å². The zero-order chi connectivity index (χ0) is 21.8. The van der Waals surface area contributed by atoms with E-state index >= 15 is 0 Å². The van der Waals surface area contributed by atoms with Gasteiger partial charge in [-0.15, -0.1) is 0 Å². The van der Waals surface area contributed by atoms with E-state index in [2.05, 4.69) is 10.4 Å². The van der Waals surface area contributed by atoms with Crippen molar-refractivity contribution in [3.63, 3.8) is 0 Å². The normalized spacial score (nSPS) is 10.8. The number of nitro groups is 1. The number of nitrogens with zero attached hydrogens (tertiary/aromatic N) is 3. The third kappa shape index (κ3) is 4.77. The van der Waals surface area contributed by atoms with E-state index in [0.717, 1.165) is 6.07 Å². The summed E-state index contributed by atoms with van der Waals surface area (Å²) < 4.78 is 25.4. The summed E-state index contributed by atoms with van der Waals surface area (Å²) in [5.74, 6) is -0.163. The molecule has 0 fully saturated rings. The number of hydrogen-bond acceptors (Lipinski definition) is 6. The minimum Gasteiger partial charge on any atom is -0.484 e. The molecule has 0 saturated carbocycles. The Hall–Kier alpha value is -3.40. The Bertz CT molecular complexity index is 1090. The van der Waals surface area contributed by atoms with E-state index in [-0.39, 0.29) is 36.2 Å². The largest absolute Gasteiger partial charge is 0.484 e. The highest BCUT2D eigenvalue weighted by Gasteiger charge is 2.21. The first kappa shape index (κ1) is 21.3. The zero-order valence-electron chi connectivity index (χ0n) is 16.1. The average molecular weight is 437 g/mol. The molecule has 0 aliphatic heterocycles. The fourth-order valence-electron chi connectivity index (χ4n) is 2.85. The lowest BCUT2D eigenvalue weighted by Gasteiger charge is -2.06. The summed E-state index contributed by atoms with van der Waals surface area (Å²) in [4.78, 5) is 22.8. The number of ether oxygens (including phenoxy) is 1.